The van der Waals surface area contributed by atoms with E-state index in [1.807, 2.05) is 18.2 Å². The summed E-state index contributed by atoms with van der Waals surface area (Å²) in [7, 11) is -2.08. The second kappa shape index (κ2) is 11.2. The van der Waals surface area contributed by atoms with E-state index in [2.05, 4.69) is 15.0 Å². The number of carbonyl (C=O) groups excluding carboxylic acids is 1. The standard InChI is InChI=1S/C19H23N3O5S/c1-26-13-14-27-19-17(8-5-11-20-19)22-18(23)9-12-21-28(24,25)15-10-16-6-3-2-4-7-16/h2-8,10-11,15,21H,9,12-14H2,1H3,(H,22,23)/b15-10+. The first-order valence-corrected chi connectivity index (χ1v) is 10.1. The van der Waals surface area contributed by atoms with Gasteiger partial charge in [0.15, 0.2) is 0 Å². The lowest BCUT2D eigenvalue weighted by molar-refractivity contribution is -0.116. The van der Waals surface area contributed by atoms with Crippen LogP contribution in [0.4, 0.5) is 5.69 Å². The van der Waals surface area contributed by atoms with Crippen molar-refractivity contribution in [2.45, 2.75) is 6.42 Å². The van der Waals surface area contributed by atoms with Crippen LogP contribution < -0.4 is 14.8 Å². The van der Waals surface area contributed by atoms with Crippen LogP contribution in [0.5, 0.6) is 5.88 Å². The summed E-state index contributed by atoms with van der Waals surface area (Å²) in [5.74, 6) is -0.0846. The third kappa shape index (κ3) is 7.87. The number of amides is 1. The number of nitrogens with zero attached hydrogens (tertiary/aromatic N) is 1. The third-order valence-corrected chi connectivity index (χ3v) is 4.57. The van der Waals surface area contributed by atoms with Crippen LogP contribution in [0.2, 0.25) is 0 Å². The molecule has 150 valence electrons. The van der Waals surface area contributed by atoms with E-state index in [1.165, 1.54) is 6.08 Å². The quantitative estimate of drug-likeness (QED) is 0.554. The van der Waals surface area contributed by atoms with Gasteiger partial charge in [0.2, 0.25) is 21.8 Å². The van der Waals surface area contributed by atoms with E-state index in [4.69, 9.17) is 9.47 Å². The van der Waals surface area contributed by atoms with Gasteiger partial charge in [-0.05, 0) is 23.8 Å². The van der Waals surface area contributed by atoms with Crippen molar-refractivity contribution in [3.05, 3.63) is 59.6 Å². The number of ether oxygens (including phenoxy) is 2. The summed E-state index contributed by atoms with van der Waals surface area (Å²) in [5.41, 5.74) is 1.18. The normalized spacial score (nSPS) is 11.5. The zero-order chi connectivity index (χ0) is 20.2. The van der Waals surface area contributed by atoms with Gasteiger partial charge in [-0.1, -0.05) is 30.3 Å². The summed E-state index contributed by atoms with van der Waals surface area (Å²) in [6, 6.07) is 12.4. The molecule has 0 aliphatic carbocycles. The van der Waals surface area contributed by atoms with Gasteiger partial charge < -0.3 is 14.8 Å². The summed E-state index contributed by atoms with van der Waals surface area (Å²) >= 11 is 0. The van der Waals surface area contributed by atoms with Crippen LogP contribution in [0.1, 0.15) is 12.0 Å². The fourth-order valence-corrected chi connectivity index (χ4v) is 2.94. The minimum absolute atomic E-state index is 0.0343. The van der Waals surface area contributed by atoms with Crippen molar-refractivity contribution in [1.29, 1.82) is 0 Å². The van der Waals surface area contributed by atoms with E-state index in [0.29, 0.717) is 18.9 Å². The average Bonchev–Trinajstić information content (AvgIpc) is 2.69. The molecule has 0 aliphatic rings. The van der Waals surface area contributed by atoms with Gasteiger partial charge in [-0.25, -0.2) is 18.1 Å². The first kappa shape index (κ1) is 21.5. The summed E-state index contributed by atoms with van der Waals surface area (Å²) in [5, 5.41) is 3.73. The minimum atomic E-state index is -3.63. The molecule has 0 radical (unpaired) electrons. The Balaban J connectivity index is 1.82. The number of nitrogens with one attached hydrogen (secondary N) is 2. The van der Waals surface area contributed by atoms with E-state index in [9.17, 15) is 13.2 Å². The molecule has 0 bridgehead atoms. The monoisotopic (exact) mass is 405 g/mol. The smallest absolute Gasteiger partial charge is 0.237 e. The molecule has 0 aliphatic heterocycles. The molecule has 1 aromatic carbocycles. The molecule has 0 atom stereocenters. The van der Waals surface area contributed by atoms with Crippen LogP contribution in [0.15, 0.2) is 54.1 Å². The number of anilines is 1. The summed E-state index contributed by atoms with van der Waals surface area (Å²) < 4.78 is 36.7. The zero-order valence-electron chi connectivity index (χ0n) is 15.5. The minimum Gasteiger partial charge on any atom is -0.474 e. The predicted octanol–water partition coefficient (Wildman–Crippen LogP) is 2.03. The van der Waals surface area contributed by atoms with E-state index in [0.717, 1.165) is 11.0 Å². The lowest BCUT2D eigenvalue weighted by atomic mass is 10.2. The maximum atomic E-state index is 12.1. The number of hydrogen-bond acceptors (Lipinski definition) is 6. The number of carbonyl (C=O) groups is 1. The van der Waals surface area contributed by atoms with Gasteiger partial charge in [0.1, 0.15) is 12.3 Å². The number of rotatable bonds is 11. The number of aromatic nitrogens is 1. The Labute approximate surface area is 164 Å². The SMILES string of the molecule is COCCOc1ncccc1NC(=O)CCNS(=O)(=O)/C=C/c1ccccc1. The lowest BCUT2D eigenvalue weighted by Crippen LogP contribution is -2.26. The highest BCUT2D eigenvalue weighted by molar-refractivity contribution is 7.92. The molecule has 2 aromatic rings. The topological polar surface area (TPSA) is 107 Å². The Morgan fingerprint density at radius 3 is 2.68 bits per heavy atom. The maximum absolute atomic E-state index is 12.1. The number of methoxy groups -OCH3 is 1. The number of pyridine rings is 1. The third-order valence-electron chi connectivity index (χ3n) is 3.47. The molecule has 2 rings (SSSR count). The molecule has 0 unspecified atom stereocenters. The fourth-order valence-electron chi connectivity index (χ4n) is 2.12. The second-order valence-corrected chi connectivity index (χ2v) is 7.30. The highest BCUT2D eigenvalue weighted by Gasteiger charge is 2.11. The number of hydrogen-bond donors (Lipinski definition) is 2. The van der Waals surface area contributed by atoms with Gasteiger partial charge in [-0.15, -0.1) is 0 Å². The van der Waals surface area contributed by atoms with E-state index in [-0.39, 0.29) is 24.8 Å². The Kier molecular flexibility index (Phi) is 8.60. The van der Waals surface area contributed by atoms with Crippen molar-refractivity contribution in [3.63, 3.8) is 0 Å². The average molecular weight is 405 g/mol. The van der Waals surface area contributed by atoms with Gasteiger partial charge in [-0.2, -0.15) is 0 Å². The Bertz CT molecular complexity index is 885. The van der Waals surface area contributed by atoms with Crippen LogP contribution in [-0.4, -0.2) is 46.2 Å². The molecule has 1 amide bonds. The van der Waals surface area contributed by atoms with Gasteiger partial charge in [0, 0.05) is 31.7 Å². The van der Waals surface area contributed by atoms with Crippen molar-refractivity contribution in [1.82, 2.24) is 9.71 Å². The van der Waals surface area contributed by atoms with Crippen molar-refractivity contribution in [2.75, 3.05) is 32.2 Å². The fraction of sp³-hybridized carbons (Fsp3) is 0.263. The van der Waals surface area contributed by atoms with Crippen LogP contribution in [-0.2, 0) is 19.6 Å². The molecular weight excluding hydrogens is 382 g/mol. The summed E-state index contributed by atoms with van der Waals surface area (Å²) in [4.78, 5) is 16.2. The summed E-state index contributed by atoms with van der Waals surface area (Å²) in [6.07, 6.45) is 3.00. The summed E-state index contributed by atoms with van der Waals surface area (Å²) in [6.45, 7) is 0.652. The van der Waals surface area contributed by atoms with Crippen LogP contribution in [0, 0.1) is 0 Å². The van der Waals surface area contributed by atoms with Crippen molar-refractivity contribution in [2.24, 2.45) is 0 Å². The first-order chi connectivity index (χ1) is 13.5. The molecule has 1 heterocycles. The highest BCUT2D eigenvalue weighted by atomic mass is 32.2. The largest absolute Gasteiger partial charge is 0.474 e. The molecule has 2 N–H and O–H groups in total. The molecular formula is C19H23N3O5S. The van der Waals surface area contributed by atoms with E-state index >= 15 is 0 Å². The van der Waals surface area contributed by atoms with Gasteiger partial charge in [-0.3, -0.25) is 4.79 Å². The molecule has 0 fully saturated rings. The predicted molar refractivity (Wildman–Crippen MR) is 107 cm³/mol. The van der Waals surface area contributed by atoms with Gasteiger partial charge in [0.05, 0.1) is 6.61 Å². The van der Waals surface area contributed by atoms with Crippen molar-refractivity contribution in [3.8, 4) is 5.88 Å². The van der Waals surface area contributed by atoms with E-state index in [1.54, 1.807) is 37.6 Å². The molecule has 0 spiro atoms. The zero-order valence-corrected chi connectivity index (χ0v) is 16.3. The molecule has 8 nitrogen and oxygen atoms in total. The van der Waals surface area contributed by atoms with Gasteiger partial charge in [0.25, 0.3) is 0 Å². The molecule has 9 heteroatoms. The Hall–Kier alpha value is -2.75. The maximum Gasteiger partial charge on any atom is 0.237 e. The van der Waals surface area contributed by atoms with Crippen LogP contribution in [0.3, 0.4) is 0 Å². The lowest BCUT2D eigenvalue weighted by Gasteiger charge is -2.11. The van der Waals surface area contributed by atoms with Crippen LogP contribution >= 0.6 is 0 Å². The Morgan fingerprint density at radius 1 is 1.14 bits per heavy atom. The number of benzene rings is 1. The van der Waals surface area contributed by atoms with Crippen molar-refractivity contribution < 1.29 is 22.7 Å². The first-order valence-electron chi connectivity index (χ1n) is 8.59. The molecule has 0 saturated heterocycles. The molecule has 28 heavy (non-hydrogen) atoms. The molecule has 1 aromatic heterocycles. The van der Waals surface area contributed by atoms with Crippen LogP contribution in [0.25, 0.3) is 6.08 Å². The van der Waals surface area contributed by atoms with Crippen molar-refractivity contribution >= 4 is 27.7 Å². The van der Waals surface area contributed by atoms with E-state index < -0.39 is 10.0 Å². The number of sulfonamides is 1. The Morgan fingerprint density at radius 2 is 1.93 bits per heavy atom. The second-order valence-electron chi connectivity index (χ2n) is 5.65. The molecule has 0 saturated carbocycles. The van der Waals surface area contributed by atoms with Gasteiger partial charge >= 0.3 is 0 Å². The highest BCUT2D eigenvalue weighted by Crippen LogP contribution is 2.20.